The molecule has 2 aliphatic carbocycles. The predicted molar refractivity (Wildman–Crippen MR) is 54.9 cm³/mol. The first-order chi connectivity index (χ1) is 6.72. The topological polar surface area (TPSA) is 37.3 Å². The second kappa shape index (κ2) is 3.76. The Labute approximate surface area is 85.0 Å². The van der Waals surface area contributed by atoms with Gasteiger partial charge in [0.05, 0.1) is 0 Å². The maximum Gasteiger partial charge on any atom is 0.303 e. The van der Waals surface area contributed by atoms with Crippen LogP contribution in [-0.4, -0.2) is 11.1 Å². The van der Waals surface area contributed by atoms with Crippen molar-refractivity contribution in [1.29, 1.82) is 0 Å². The quantitative estimate of drug-likeness (QED) is 0.699. The van der Waals surface area contributed by atoms with Gasteiger partial charge in [-0.1, -0.05) is 25.5 Å². The Balaban J connectivity index is 2.06. The lowest BCUT2D eigenvalue weighted by molar-refractivity contribution is -0.138. The van der Waals surface area contributed by atoms with Gasteiger partial charge in [-0.25, -0.2) is 0 Å². The van der Waals surface area contributed by atoms with E-state index in [4.69, 9.17) is 5.11 Å². The number of carboxylic acid groups (broad SMARTS) is 1. The van der Waals surface area contributed by atoms with E-state index in [1.54, 1.807) is 0 Å². The number of carbonyl (C=O) groups is 1. The van der Waals surface area contributed by atoms with E-state index >= 15 is 0 Å². The van der Waals surface area contributed by atoms with E-state index in [0.717, 1.165) is 0 Å². The summed E-state index contributed by atoms with van der Waals surface area (Å²) in [6.07, 6.45) is 8.51. The minimum absolute atomic E-state index is 0.371. The zero-order chi connectivity index (χ0) is 10.1. The Morgan fingerprint density at radius 2 is 2.00 bits per heavy atom. The number of rotatable bonds is 4. The van der Waals surface area contributed by atoms with Crippen LogP contribution in [-0.2, 0) is 4.79 Å². The molecule has 4 unspecified atom stereocenters. The van der Waals surface area contributed by atoms with Gasteiger partial charge in [0.1, 0.15) is 0 Å². The van der Waals surface area contributed by atoms with Gasteiger partial charge in [-0.05, 0) is 36.5 Å². The molecule has 0 aromatic carbocycles. The van der Waals surface area contributed by atoms with E-state index in [-0.39, 0.29) is 0 Å². The molecular weight excluding hydrogens is 176 g/mol. The van der Waals surface area contributed by atoms with E-state index in [2.05, 4.69) is 19.1 Å². The van der Waals surface area contributed by atoms with E-state index < -0.39 is 5.97 Å². The molecule has 2 aliphatic rings. The molecule has 1 N–H and O–H groups in total. The standard InChI is InChI=1S/C12H18O2/c1-2-3-10-8-4-5-9(6-8)11(10)7-12(13)14/h4-5,8-11H,2-3,6-7H2,1H3,(H,13,14). The van der Waals surface area contributed by atoms with Crippen LogP contribution < -0.4 is 0 Å². The third-order valence-electron chi connectivity index (χ3n) is 3.83. The highest BCUT2D eigenvalue weighted by Gasteiger charge is 2.44. The smallest absolute Gasteiger partial charge is 0.303 e. The minimum Gasteiger partial charge on any atom is -0.481 e. The van der Waals surface area contributed by atoms with Crippen molar-refractivity contribution in [3.63, 3.8) is 0 Å². The first-order valence-electron chi connectivity index (χ1n) is 5.62. The summed E-state index contributed by atoms with van der Waals surface area (Å²) >= 11 is 0. The Hall–Kier alpha value is -0.790. The first kappa shape index (κ1) is 9.75. The third-order valence-corrected chi connectivity index (χ3v) is 3.83. The summed E-state index contributed by atoms with van der Waals surface area (Å²) in [7, 11) is 0. The van der Waals surface area contributed by atoms with Gasteiger partial charge < -0.3 is 5.11 Å². The monoisotopic (exact) mass is 194 g/mol. The molecule has 2 nitrogen and oxygen atoms in total. The van der Waals surface area contributed by atoms with Crippen LogP contribution in [0.4, 0.5) is 0 Å². The molecule has 0 aromatic rings. The molecule has 0 aromatic heterocycles. The third kappa shape index (κ3) is 1.58. The molecule has 2 heteroatoms. The van der Waals surface area contributed by atoms with Gasteiger partial charge >= 0.3 is 5.97 Å². The van der Waals surface area contributed by atoms with Crippen LogP contribution in [0.2, 0.25) is 0 Å². The van der Waals surface area contributed by atoms with Crippen LogP contribution in [0.5, 0.6) is 0 Å². The summed E-state index contributed by atoms with van der Waals surface area (Å²) in [5.74, 6) is 1.68. The number of allylic oxidation sites excluding steroid dienone is 2. The second-order valence-corrected chi connectivity index (χ2v) is 4.66. The average molecular weight is 194 g/mol. The van der Waals surface area contributed by atoms with Gasteiger partial charge in [-0.2, -0.15) is 0 Å². The first-order valence-corrected chi connectivity index (χ1v) is 5.62. The molecule has 2 bridgehead atoms. The van der Waals surface area contributed by atoms with Gasteiger partial charge in [0, 0.05) is 6.42 Å². The summed E-state index contributed by atoms with van der Waals surface area (Å²) < 4.78 is 0. The van der Waals surface area contributed by atoms with Crippen LogP contribution in [0.1, 0.15) is 32.6 Å². The minimum atomic E-state index is -0.628. The fraction of sp³-hybridized carbons (Fsp3) is 0.750. The SMILES string of the molecule is CCCC1C2C=CC(C2)C1CC(=O)O. The highest BCUT2D eigenvalue weighted by atomic mass is 16.4. The molecule has 0 saturated heterocycles. The van der Waals surface area contributed by atoms with Crippen molar-refractivity contribution in [1.82, 2.24) is 0 Å². The van der Waals surface area contributed by atoms with Gasteiger partial charge in [-0.3, -0.25) is 4.79 Å². The largest absolute Gasteiger partial charge is 0.481 e. The molecule has 14 heavy (non-hydrogen) atoms. The highest BCUT2D eigenvalue weighted by molar-refractivity contribution is 5.67. The van der Waals surface area contributed by atoms with Crippen molar-refractivity contribution in [3.8, 4) is 0 Å². The van der Waals surface area contributed by atoms with Crippen LogP contribution >= 0.6 is 0 Å². The molecule has 78 valence electrons. The van der Waals surface area contributed by atoms with E-state index in [1.807, 2.05) is 0 Å². The van der Waals surface area contributed by atoms with Crippen molar-refractivity contribution in [3.05, 3.63) is 12.2 Å². The Bertz CT molecular complexity index is 257. The molecule has 1 fully saturated rings. The van der Waals surface area contributed by atoms with Crippen LogP contribution in [0, 0.1) is 23.7 Å². The molecule has 0 spiro atoms. The van der Waals surface area contributed by atoms with Crippen LogP contribution in [0.3, 0.4) is 0 Å². The molecule has 0 heterocycles. The average Bonchev–Trinajstić information content (AvgIpc) is 2.68. The second-order valence-electron chi connectivity index (χ2n) is 4.66. The fourth-order valence-corrected chi connectivity index (χ4v) is 3.29. The maximum atomic E-state index is 10.8. The molecule has 2 rings (SSSR count). The number of aliphatic carboxylic acids is 1. The Kier molecular flexibility index (Phi) is 2.62. The predicted octanol–water partition coefficient (Wildman–Crippen LogP) is 2.70. The number of hydrogen-bond acceptors (Lipinski definition) is 1. The normalized spacial score (nSPS) is 39.2. The van der Waals surface area contributed by atoms with E-state index in [0.29, 0.717) is 30.1 Å². The van der Waals surface area contributed by atoms with Gasteiger partial charge in [0.15, 0.2) is 0 Å². The summed E-state index contributed by atoms with van der Waals surface area (Å²) in [4.78, 5) is 10.8. The van der Waals surface area contributed by atoms with Gasteiger partial charge in [-0.15, -0.1) is 0 Å². The lowest BCUT2D eigenvalue weighted by Gasteiger charge is -2.26. The summed E-state index contributed by atoms with van der Waals surface area (Å²) in [6, 6.07) is 0. The molecule has 0 radical (unpaired) electrons. The summed E-state index contributed by atoms with van der Waals surface area (Å²) in [5.41, 5.74) is 0. The van der Waals surface area contributed by atoms with Crippen molar-refractivity contribution < 1.29 is 9.90 Å². The molecule has 0 aliphatic heterocycles. The number of carboxylic acids is 1. The lowest BCUT2D eigenvalue weighted by atomic mass is 9.78. The fourth-order valence-electron chi connectivity index (χ4n) is 3.29. The zero-order valence-corrected chi connectivity index (χ0v) is 8.65. The number of hydrogen-bond donors (Lipinski definition) is 1. The van der Waals surface area contributed by atoms with Crippen molar-refractivity contribution in [2.75, 3.05) is 0 Å². The number of fused-ring (bicyclic) bond motifs is 2. The van der Waals surface area contributed by atoms with Gasteiger partial charge in [0.2, 0.25) is 0 Å². The lowest BCUT2D eigenvalue weighted by Crippen LogP contribution is -2.22. The van der Waals surface area contributed by atoms with Crippen molar-refractivity contribution in [2.24, 2.45) is 23.7 Å². The molecule has 1 saturated carbocycles. The van der Waals surface area contributed by atoms with Crippen molar-refractivity contribution in [2.45, 2.75) is 32.6 Å². The van der Waals surface area contributed by atoms with Crippen LogP contribution in [0.15, 0.2) is 12.2 Å². The Morgan fingerprint density at radius 1 is 1.36 bits per heavy atom. The molecule has 4 atom stereocenters. The van der Waals surface area contributed by atoms with Gasteiger partial charge in [0.25, 0.3) is 0 Å². The summed E-state index contributed by atoms with van der Waals surface area (Å²) in [6.45, 7) is 2.19. The Morgan fingerprint density at radius 3 is 2.57 bits per heavy atom. The van der Waals surface area contributed by atoms with E-state index in [9.17, 15) is 4.79 Å². The maximum absolute atomic E-state index is 10.8. The summed E-state index contributed by atoms with van der Waals surface area (Å²) in [5, 5.41) is 8.86. The van der Waals surface area contributed by atoms with Crippen LogP contribution in [0.25, 0.3) is 0 Å². The molecular formula is C12H18O2. The highest BCUT2D eigenvalue weighted by Crippen LogP contribution is 2.51. The van der Waals surface area contributed by atoms with Crippen molar-refractivity contribution >= 4 is 5.97 Å². The zero-order valence-electron chi connectivity index (χ0n) is 8.65. The molecule has 0 amide bonds. The van der Waals surface area contributed by atoms with E-state index in [1.165, 1.54) is 19.3 Å².